The predicted octanol–water partition coefficient (Wildman–Crippen LogP) is 0.550. The van der Waals surface area contributed by atoms with Crippen LogP contribution in [0.3, 0.4) is 0 Å². The molecule has 3 heteroatoms. The summed E-state index contributed by atoms with van der Waals surface area (Å²) in [5, 5.41) is 0. The fraction of sp³-hybridized carbons (Fsp3) is 0. The van der Waals surface area contributed by atoms with E-state index in [9.17, 15) is 4.79 Å². The molecule has 0 spiro atoms. The molecule has 0 saturated carbocycles. The average Bonchev–Trinajstić information content (AvgIpc) is 2.30. The predicted molar refractivity (Wildman–Crippen MR) is 60.5 cm³/mol. The second kappa shape index (κ2) is 5.85. The minimum Gasteiger partial charge on any atom is -0.664 e. The Hall–Kier alpha value is -1.09. The maximum absolute atomic E-state index is 10.8. The minimum atomic E-state index is -0.644. The molecule has 0 unspecified atom stereocenters. The molecule has 0 fully saturated rings. The van der Waals surface area contributed by atoms with Gasteiger partial charge < -0.3 is 10.5 Å². The molecule has 2 nitrogen and oxygen atoms in total. The topological polar surface area (TPSA) is 40.9 Å². The summed E-state index contributed by atoms with van der Waals surface area (Å²) in [5.41, 5.74) is 9.55. The summed E-state index contributed by atoms with van der Waals surface area (Å²) >= 11 is 0. The summed E-state index contributed by atoms with van der Waals surface area (Å²) < 4.78 is 0. The van der Waals surface area contributed by atoms with Crippen molar-refractivity contribution in [2.24, 2.45) is 0 Å². The second-order valence-corrected chi connectivity index (χ2v) is 3.27. The first-order valence-corrected chi connectivity index (χ1v) is 4.69. The molecule has 74 valence electrons. The SMILES string of the molecule is [NH-]C(=O)c1ccc(-c2ccccc2)cc1.[Na+]. The van der Waals surface area contributed by atoms with E-state index in [2.05, 4.69) is 0 Å². The van der Waals surface area contributed by atoms with Gasteiger partial charge in [-0.1, -0.05) is 54.6 Å². The summed E-state index contributed by atoms with van der Waals surface area (Å²) in [7, 11) is 0. The number of carbonyl (C=O) groups excluding carboxylic acids is 1. The van der Waals surface area contributed by atoms with E-state index in [0.717, 1.165) is 11.1 Å². The second-order valence-electron chi connectivity index (χ2n) is 3.27. The molecule has 16 heavy (non-hydrogen) atoms. The molecule has 0 bridgehead atoms. The van der Waals surface area contributed by atoms with Gasteiger partial charge in [0.2, 0.25) is 0 Å². The van der Waals surface area contributed by atoms with Crippen LogP contribution in [0.4, 0.5) is 0 Å². The maximum Gasteiger partial charge on any atom is 1.00 e. The molecule has 0 atom stereocenters. The van der Waals surface area contributed by atoms with Gasteiger partial charge in [0.15, 0.2) is 0 Å². The van der Waals surface area contributed by atoms with Gasteiger partial charge in [-0.2, -0.15) is 0 Å². The van der Waals surface area contributed by atoms with Crippen LogP contribution in [0.25, 0.3) is 16.9 Å². The van der Waals surface area contributed by atoms with Crippen LogP contribution in [-0.2, 0) is 0 Å². The normalized spacial score (nSPS) is 9.25. The van der Waals surface area contributed by atoms with Crippen LogP contribution in [0.2, 0.25) is 0 Å². The summed E-state index contributed by atoms with van der Waals surface area (Å²) in [5.74, 6) is -0.644. The van der Waals surface area contributed by atoms with Gasteiger partial charge in [-0.3, -0.25) is 0 Å². The standard InChI is InChI=1S/C13H11NO.Na/c14-13(15)12-8-6-11(7-9-12)10-4-2-1-3-5-10;/h1-9H,(H2,14,15);/q;+1/p-1. The number of hydrogen-bond donors (Lipinski definition) is 0. The van der Waals surface area contributed by atoms with Gasteiger partial charge in [0, 0.05) is 0 Å². The van der Waals surface area contributed by atoms with Crippen molar-refractivity contribution >= 4 is 5.91 Å². The van der Waals surface area contributed by atoms with Crippen LogP contribution < -0.4 is 29.6 Å². The van der Waals surface area contributed by atoms with Crippen LogP contribution in [0.5, 0.6) is 0 Å². The zero-order valence-corrected chi connectivity index (χ0v) is 11.1. The van der Waals surface area contributed by atoms with Gasteiger partial charge in [-0.05, 0) is 16.7 Å². The number of rotatable bonds is 2. The zero-order valence-electron chi connectivity index (χ0n) is 9.10. The van der Waals surface area contributed by atoms with Crippen molar-refractivity contribution in [1.82, 2.24) is 0 Å². The van der Waals surface area contributed by atoms with Gasteiger partial charge in [-0.25, -0.2) is 0 Å². The molecule has 0 aliphatic carbocycles. The van der Waals surface area contributed by atoms with Gasteiger partial charge >= 0.3 is 29.6 Å². The first kappa shape index (κ1) is 13.0. The molecule has 0 saturated heterocycles. The van der Waals surface area contributed by atoms with Crippen molar-refractivity contribution in [2.45, 2.75) is 0 Å². The number of nitrogens with one attached hydrogen (secondary N) is 1. The van der Waals surface area contributed by atoms with Crippen molar-refractivity contribution in [1.29, 1.82) is 0 Å². The van der Waals surface area contributed by atoms with Crippen LogP contribution in [-0.4, -0.2) is 5.91 Å². The third kappa shape index (κ3) is 2.95. The molecule has 0 heterocycles. The third-order valence-corrected chi connectivity index (χ3v) is 2.25. The van der Waals surface area contributed by atoms with Crippen molar-refractivity contribution in [3.05, 3.63) is 65.9 Å². The smallest absolute Gasteiger partial charge is 0.664 e. The Kier molecular flexibility index (Phi) is 4.74. The fourth-order valence-corrected chi connectivity index (χ4v) is 1.44. The van der Waals surface area contributed by atoms with E-state index >= 15 is 0 Å². The van der Waals surface area contributed by atoms with E-state index in [0.29, 0.717) is 5.56 Å². The van der Waals surface area contributed by atoms with E-state index in [1.54, 1.807) is 12.1 Å². The van der Waals surface area contributed by atoms with Crippen LogP contribution >= 0.6 is 0 Å². The van der Waals surface area contributed by atoms with Gasteiger partial charge in [0.25, 0.3) is 0 Å². The summed E-state index contributed by atoms with van der Waals surface area (Å²) in [6.45, 7) is 0. The Morgan fingerprint density at radius 2 is 1.31 bits per heavy atom. The molecule has 0 aromatic heterocycles. The van der Waals surface area contributed by atoms with Gasteiger partial charge in [0.1, 0.15) is 0 Å². The van der Waals surface area contributed by atoms with E-state index in [1.807, 2.05) is 42.5 Å². The molecule has 0 radical (unpaired) electrons. The van der Waals surface area contributed by atoms with Gasteiger partial charge in [0.05, 0.1) is 5.91 Å². The van der Waals surface area contributed by atoms with E-state index in [-0.39, 0.29) is 29.6 Å². The third-order valence-electron chi connectivity index (χ3n) is 2.25. The van der Waals surface area contributed by atoms with E-state index < -0.39 is 5.91 Å². The van der Waals surface area contributed by atoms with E-state index in [4.69, 9.17) is 5.73 Å². The molecule has 2 aromatic carbocycles. The van der Waals surface area contributed by atoms with Crippen LogP contribution in [0, 0.1) is 0 Å². The van der Waals surface area contributed by atoms with Crippen molar-refractivity contribution in [3.8, 4) is 11.1 Å². The molecule has 0 aliphatic rings. The molecule has 0 aliphatic heterocycles. The number of amides is 1. The molecular weight excluding hydrogens is 209 g/mol. The number of hydrogen-bond acceptors (Lipinski definition) is 1. The average molecular weight is 219 g/mol. The Balaban J connectivity index is 0.00000128. The number of benzene rings is 2. The molecule has 1 amide bonds. The Morgan fingerprint density at radius 1 is 0.812 bits per heavy atom. The van der Waals surface area contributed by atoms with Crippen molar-refractivity contribution in [3.63, 3.8) is 0 Å². The molecule has 2 aromatic rings. The van der Waals surface area contributed by atoms with Crippen LogP contribution in [0.15, 0.2) is 54.6 Å². The zero-order chi connectivity index (χ0) is 10.7. The summed E-state index contributed by atoms with van der Waals surface area (Å²) in [6, 6.07) is 17.0. The Morgan fingerprint density at radius 3 is 1.81 bits per heavy atom. The largest absolute Gasteiger partial charge is 1.00 e. The van der Waals surface area contributed by atoms with Crippen molar-refractivity contribution in [2.75, 3.05) is 0 Å². The summed E-state index contributed by atoms with van der Waals surface area (Å²) in [6.07, 6.45) is 0. The monoisotopic (exact) mass is 219 g/mol. The maximum atomic E-state index is 10.8. The van der Waals surface area contributed by atoms with Crippen LogP contribution in [0.1, 0.15) is 10.4 Å². The molecule has 2 rings (SSSR count). The first-order chi connectivity index (χ1) is 7.27. The van der Waals surface area contributed by atoms with Crippen molar-refractivity contribution < 1.29 is 34.4 Å². The fourth-order valence-electron chi connectivity index (χ4n) is 1.44. The number of carbonyl (C=O) groups is 1. The minimum absolute atomic E-state index is 0. The summed E-state index contributed by atoms with van der Waals surface area (Å²) in [4.78, 5) is 10.8. The quantitative estimate of drug-likeness (QED) is 0.680. The van der Waals surface area contributed by atoms with E-state index in [1.165, 1.54) is 0 Å². The Labute approximate surface area is 117 Å². The molecular formula is C13H10NNaO. The molecule has 1 N–H and O–H groups in total. The first-order valence-electron chi connectivity index (χ1n) is 4.69. The van der Waals surface area contributed by atoms with Gasteiger partial charge in [-0.15, -0.1) is 0 Å². The Bertz CT molecular complexity index is 465.